The Kier molecular flexibility index (Phi) is 7.55. The molecule has 1 aliphatic heterocycles. The van der Waals surface area contributed by atoms with Crippen molar-refractivity contribution in [1.29, 1.82) is 0 Å². The lowest BCUT2D eigenvalue weighted by Gasteiger charge is -2.34. The number of nitrogens with one attached hydrogen (secondary N) is 1. The predicted molar refractivity (Wildman–Crippen MR) is 153 cm³/mol. The average Bonchev–Trinajstić information content (AvgIpc) is 3.28. The van der Waals surface area contributed by atoms with Gasteiger partial charge in [0, 0.05) is 37.0 Å². The van der Waals surface area contributed by atoms with E-state index in [4.69, 9.17) is 42.6 Å². The number of rotatable bonds is 5. The van der Waals surface area contributed by atoms with E-state index in [9.17, 15) is 4.79 Å². The highest BCUT2D eigenvalue weighted by Gasteiger charge is 2.28. The lowest BCUT2D eigenvalue weighted by atomic mass is 10.1. The summed E-state index contributed by atoms with van der Waals surface area (Å²) < 4.78 is 13.0. The molecule has 5 rings (SSSR count). The maximum atomic E-state index is 12.6. The van der Waals surface area contributed by atoms with Crippen molar-refractivity contribution < 1.29 is 14.3 Å². The minimum absolute atomic E-state index is 0.0179. The topological polar surface area (TPSA) is 94.4 Å². The van der Waals surface area contributed by atoms with Crippen LogP contribution >= 0.6 is 23.2 Å². The third-order valence-electron chi connectivity index (χ3n) is 6.32. The molecule has 0 bridgehead atoms. The molecule has 2 aromatic heterocycles. The molecule has 9 nitrogen and oxygen atoms in total. The number of carbonyl (C=O) groups excluding carboxylic acids is 1. The number of imidazole rings is 1. The summed E-state index contributed by atoms with van der Waals surface area (Å²) in [4.78, 5) is 28.5. The van der Waals surface area contributed by atoms with E-state index in [1.54, 1.807) is 30.3 Å². The number of benzene rings is 2. The van der Waals surface area contributed by atoms with E-state index < -0.39 is 5.60 Å². The number of fused-ring (bicyclic) bond motifs is 1. The molecule has 1 amide bonds. The first-order valence-corrected chi connectivity index (χ1v) is 13.5. The third kappa shape index (κ3) is 6.04. The molecule has 11 heteroatoms. The summed E-state index contributed by atoms with van der Waals surface area (Å²) in [5.41, 5.74) is 1.82. The SMILES string of the molecule is COc1ccc2nc(-c3ccc(Cl)c(Cl)c3)n(-c3ccnc(N[C@H]4CCCN(C(=O)OC(C)(C)C)C4)n3)c2c1. The van der Waals surface area contributed by atoms with Crippen molar-refractivity contribution in [3.05, 3.63) is 58.7 Å². The van der Waals surface area contributed by atoms with Gasteiger partial charge in [0.15, 0.2) is 0 Å². The molecule has 4 aromatic rings. The van der Waals surface area contributed by atoms with Gasteiger partial charge in [-0.25, -0.2) is 14.8 Å². The van der Waals surface area contributed by atoms with Gasteiger partial charge in [0.05, 0.1) is 28.2 Å². The molecule has 39 heavy (non-hydrogen) atoms. The number of aromatic nitrogens is 4. The average molecular weight is 569 g/mol. The fourth-order valence-corrected chi connectivity index (χ4v) is 4.85. The van der Waals surface area contributed by atoms with Crippen molar-refractivity contribution in [2.45, 2.75) is 45.3 Å². The van der Waals surface area contributed by atoms with Gasteiger partial charge in [0.2, 0.25) is 5.95 Å². The van der Waals surface area contributed by atoms with E-state index in [2.05, 4.69) is 10.3 Å². The molecule has 1 N–H and O–H groups in total. The molecule has 0 spiro atoms. The second-order valence-corrected chi connectivity index (χ2v) is 11.2. The van der Waals surface area contributed by atoms with E-state index in [1.807, 2.05) is 55.7 Å². The molecule has 1 saturated heterocycles. The minimum atomic E-state index is -0.544. The largest absolute Gasteiger partial charge is 0.497 e. The Morgan fingerprint density at radius 3 is 2.64 bits per heavy atom. The van der Waals surface area contributed by atoms with Gasteiger partial charge in [-0.05, 0) is 70.0 Å². The highest BCUT2D eigenvalue weighted by atomic mass is 35.5. The zero-order valence-electron chi connectivity index (χ0n) is 22.2. The normalized spacial score (nSPS) is 15.8. The summed E-state index contributed by atoms with van der Waals surface area (Å²) in [5.74, 6) is 2.41. The van der Waals surface area contributed by atoms with Crippen molar-refractivity contribution in [3.8, 4) is 23.0 Å². The molecule has 1 aliphatic rings. The van der Waals surface area contributed by atoms with Crippen molar-refractivity contribution >= 4 is 46.3 Å². The first-order valence-electron chi connectivity index (χ1n) is 12.7. The van der Waals surface area contributed by atoms with Crippen LogP contribution in [0, 0.1) is 0 Å². The maximum absolute atomic E-state index is 12.6. The Labute approximate surface area is 237 Å². The Morgan fingerprint density at radius 1 is 1.08 bits per heavy atom. The summed E-state index contributed by atoms with van der Waals surface area (Å²) in [6.07, 6.45) is 3.12. The van der Waals surface area contributed by atoms with Gasteiger partial charge < -0.3 is 19.7 Å². The highest BCUT2D eigenvalue weighted by molar-refractivity contribution is 6.42. The second-order valence-electron chi connectivity index (χ2n) is 10.4. The van der Waals surface area contributed by atoms with Crippen molar-refractivity contribution in [2.75, 3.05) is 25.5 Å². The molecule has 204 valence electrons. The van der Waals surface area contributed by atoms with Crippen LogP contribution in [0.15, 0.2) is 48.7 Å². The van der Waals surface area contributed by atoms with Crippen molar-refractivity contribution in [1.82, 2.24) is 24.4 Å². The molecule has 0 aliphatic carbocycles. The summed E-state index contributed by atoms with van der Waals surface area (Å²) in [7, 11) is 1.62. The number of nitrogens with zero attached hydrogens (tertiary/aromatic N) is 5. The number of hydrogen-bond donors (Lipinski definition) is 1. The maximum Gasteiger partial charge on any atom is 0.410 e. The lowest BCUT2D eigenvalue weighted by molar-refractivity contribution is 0.0206. The van der Waals surface area contributed by atoms with Gasteiger partial charge in [0.25, 0.3) is 0 Å². The lowest BCUT2D eigenvalue weighted by Crippen LogP contribution is -2.47. The number of amides is 1. The van der Waals surface area contributed by atoms with Gasteiger partial charge in [-0.1, -0.05) is 23.2 Å². The molecule has 2 aromatic carbocycles. The smallest absolute Gasteiger partial charge is 0.410 e. The second kappa shape index (κ2) is 10.9. The van der Waals surface area contributed by atoms with Crippen LogP contribution < -0.4 is 10.1 Å². The third-order valence-corrected chi connectivity index (χ3v) is 7.05. The number of piperidine rings is 1. The predicted octanol–water partition coefficient (Wildman–Crippen LogP) is 6.61. The minimum Gasteiger partial charge on any atom is -0.497 e. The number of hydrogen-bond acceptors (Lipinski definition) is 7. The fraction of sp³-hybridized carbons (Fsp3) is 0.357. The van der Waals surface area contributed by atoms with Gasteiger partial charge in [-0.3, -0.25) is 4.57 Å². The zero-order chi connectivity index (χ0) is 27.7. The monoisotopic (exact) mass is 568 g/mol. The quantitative estimate of drug-likeness (QED) is 0.289. The van der Waals surface area contributed by atoms with Gasteiger partial charge in [-0.15, -0.1) is 0 Å². The Hall–Kier alpha value is -3.56. The Morgan fingerprint density at radius 2 is 1.90 bits per heavy atom. The number of halogens is 2. The van der Waals surface area contributed by atoms with Crippen LogP contribution in [0.2, 0.25) is 10.0 Å². The van der Waals surface area contributed by atoms with E-state index in [0.717, 1.165) is 29.4 Å². The number of anilines is 1. The van der Waals surface area contributed by atoms with Crippen LogP contribution in [-0.2, 0) is 4.74 Å². The fourth-order valence-electron chi connectivity index (χ4n) is 4.56. The van der Waals surface area contributed by atoms with Crippen LogP contribution in [0.1, 0.15) is 33.6 Å². The summed E-state index contributed by atoms with van der Waals surface area (Å²) >= 11 is 12.5. The number of methoxy groups -OCH3 is 1. The number of carbonyl (C=O) groups is 1. The van der Waals surface area contributed by atoms with Gasteiger partial charge in [-0.2, -0.15) is 4.98 Å². The first-order chi connectivity index (χ1) is 18.6. The molecule has 1 fully saturated rings. The molecule has 0 unspecified atom stereocenters. The molecular weight excluding hydrogens is 539 g/mol. The van der Waals surface area contributed by atoms with Crippen LogP contribution in [0.5, 0.6) is 5.75 Å². The molecule has 0 radical (unpaired) electrons. The molecule has 0 saturated carbocycles. The molecule has 1 atom stereocenters. The van der Waals surface area contributed by atoms with Gasteiger partial charge >= 0.3 is 6.09 Å². The molecular formula is C28H30Cl2N6O3. The van der Waals surface area contributed by atoms with E-state index in [-0.39, 0.29) is 12.1 Å². The van der Waals surface area contributed by atoms with Crippen molar-refractivity contribution in [3.63, 3.8) is 0 Å². The van der Waals surface area contributed by atoms with Crippen LogP contribution in [0.25, 0.3) is 28.2 Å². The standard InChI is InChI=1S/C28H30Cl2N6O3/c1-28(2,3)39-27(37)35-13-5-6-18(16-35)32-26-31-12-11-24(34-26)36-23-15-19(38-4)8-10-22(23)33-25(36)17-7-9-20(29)21(30)14-17/h7-12,14-15,18H,5-6,13,16H2,1-4H3,(H,31,32,34)/t18-/m0/s1. The summed E-state index contributed by atoms with van der Waals surface area (Å²) in [5, 5.41) is 4.31. The Balaban J connectivity index is 1.48. The number of likely N-dealkylation sites (tertiary alicyclic amines) is 1. The Bertz CT molecular complexity index is 1520. The summed E-state index contributed by atoms with van der Waals surface area (Å²) in [6, 6.07) is 12.9. The summed E-state index contributed by atoms with van der Waals surface area (Å²) in [6.45, 7) is 6.76. The van der Waals surface area contributed by atoms with E-state index >= 15 is 0 Å². The first kappa shape index (κ1) is 27.0. The van der Waals surface area contributed by atoms with Crippen LogP contribution in [0.3, 0.4) is 0 Å². The van der Waals surface area contributed by atoms with Crippen LogP contribution in [0.4, 0.5) is 10.7 Å². The van der Waals surface area contributed by atoms with Crippen LogP contribution in [-0.4, -0.2) is 62.4 Å². The highest BCUT2D eigenvalue weighted by Crippen LogP contribution is 2.33. The molecule has 3 heterocycles. The van der Waals surface area contributed by atoms with E-state index in [0.29, 0.717) is 46.5 Å². The zero-order valence-corrected chi connectivity index (χ0v) is 23.8. The number of ether oxygens (including phenoxy) is 2. The van der Waals surface area contributed by atoms with Gasteiger partial charge in [0.1, 0.15) is 23.0 Å². The van der Waals surface area contributed by atoms with Crippen molar-refractivity contribution in [2.24, 2.45) is 0 Å². The van der Waals surface area contributed by atoms with E-state index in [1.165, 1.54) is 0 Å².